The van der Waals surface area contributed by atoms with E-state index in [0.29, 0.717) is 12.3 Å². The third kappa shape index (κ3) is 2.99. The molecule has 0 unspecified atom stereocenters. The number of ether oxygens (including phenoxy) is 1. The minimum absolute atomic E-state index is 0.156. The summed E-state index contributed by atoms with van der Waals surface area (Å²) in [4.78, 5) is 19.8. The lowest BCUT2D eigenvalue weighted by atomic mass is 10.2. The molecule has 0 spiro atoms. The summed E-state index contributed by atoms with van der Waals surface area (Å²) in [5.74, 6) is 0.712. The number of hydrogen-bond donors (Lipinski definition) is 1. The topological polar surface area (TPSA) is 107 Å². The van der Waals surface area contributed by atoms with Gasteiger partial charge in [0.25, 0.3) is 0 Å². The lowest BCUT2D eigenvalue weighted by Gasteiger charge is -2.19. The maximum atomic E-state index is 11.1. The Balaban J connectivity index is 2.35. The predicted molar refractivity (Wildman–Crippen MR) is 78.2 cm³/mol. The zero-order valence-corrected chi connectivity index (χ0v) is 11.7. The van der Waals surface area contributed by atoms with E-state index in [4.69, 9.17) is 10.5 Å². The number of nitro groups is 1. The molecule has 110 valence electrons. The van der Waals surface area contributed by atoms with Crippen LogP contribution in [0.15, 0.2) is 30.6 Å². The number of methoxy groups -OCH3 is 1. The molecule has 1 heterocycles. The number of rotatable bonds is 5. The first-order valence-corrected chi connectivity index (χ1v) is 6.12. The Morgan fingerprint density at radius 2 is 2.10 bits per heavy atom. The number of nitrogen functional groups attached to an aromatic ring is 1. The number of nitrogens with zero attached hydrogens (tertiary/aromatic N) is 4. The van der Waals surface area contributed by atoms with Gasteiger partial charge in [0, 0.05) is 19.2 Å². The highest BCUT2D eigenvalue weighted by Gasteiger charge is 2.24. The molecule has 1 aromatic carbocycles. The summed E-state index contributed by atoms with van der Waals surface area (Å²) in [5.41, 5.74) is 6.15. The normalized spacial score (nSPS) is 10.2. The van der Waals surface area contributed by atoms with Crippen molar-refractivity contribution in [3.8, 4) is 5.75 Å². The number of aromatic nitrogens is 2. The average molecular weight is 289 g/mol. The van der Waals surface area contributed by atoms with E-state index in [1.54, 1.807) is 19.1 Å². The molecular weight excluding hydrogens is 274 g/mol. The van der Waals surface area contributed by atoms with E-state index < -0.39 is 4.92 Å². The summed E-state index contributed by atoms with van der Waals surface area (Å²) in [6.07, 6.45) is 1.20. The van der Waals surface area contributed by atoms with Crippen LogP contribution in [-0.2, 0) is 6.54 Å². The molecule has 21 heavy (non-hydrogen) atoms. The van der Waals surface area contributed by atoms with Crippen molar-refractivity contribution in [3.63, 3.8) is 0 Å². The van der Waals surface area contributed by atoms with Gasteiger partial charge in [-0.1, -0.05) is 18.2 Å². The van der Waals surface area contributed by atoms with Crippen molar-refractivity contribution in [1.29, 1.82) is 0 Å². The minimum Gasteiger partial charge on any atom is -0.496 e. The second kappa shape index (κ2) is 6.04. The Morgan fingerprint density at radius 1 is 1.38 bits per heavy atom. The van der Waals surface area contributed by atoms with Gasteiger partial charge in [0.1, 0.15) is 12.1 Å². The van der Waals surface area contributed by atoms with Crippen molar-refractivity contribution in [1.82, 2.24) is 9.97 Å². The molecule has 0 saturated heterocycles. The summed E-state index contributed by atoms with van der Waals surface area (Å²) in [7, 11) is 3.27. The largest absolute Gasteiger partial charge is 0.496 e. The fraction of sp³-hybridized carbons (Fsp3) is 0.231. The molecule has 0 aliphatic carbocycles. The summed E-state index contributed by atoms with van der Waals surface area (Å²) < 4.78 is 5.27. The van der Waals surface area contributed by atoms with Crippen LogP contribution in [0.25, 0.3) is 0 Å². The Morgan fingerprint density at radius 3 is 2.76 bits per heavy atom. The molecular formula is C13H15N5O3. The zero-order chi connectivity index (χ0) is 15.4. The fourth-order valence-electron chi connectivity index (χ4n) is 2.00. The highest BCUT2D eigenvalue weighted by atomic mass is 16.6. The summed E-state index contributed by atoms with van der Waals surface area (Å²) in [6.45, 7) is 0.390. The predicted octanol–water partition coefficient (Wildman–Crippen LogP) is 1.61. The van der Waals surface area contributed by atoms with Crippen LogP contribution in [0, 0.1) is 10.1 Å². The van der Waals surface area contributed by atoms with Crippen LogP contribution in [0.2, 0.25) is 0 Å². The average Bonchev–Trinajstić information content (AvgIpc) is 2.47. The summed E-state index contributed by atoms with van der Waals surface area (Å²) >= 11 is 0. The monoisotopic (exact) mass is 289 g/mol. The molecule has 2 N–H and O–H groups in total. The molecule has 2 rings (SSSR count). The molecule has 0 aliphatic heterocycles. The smallest absolute Gasteiger partial charge is 0.353 e. The van der Waals surface area contributed by atoms with Crippen molar-refractivity contribution >= 4 is 17.3 Å². The molecule has 2 aromatic rings. The summed E-state index contributed by atoms with van der Waals surface area (Å²) in [6, 6.07) is 7.43. The highest BCUT2D eigenvalue weighted by Crippen LogP contribution is 2.30. The van der Waals surface area contributed by atoms with E-state index in [-0.39, 0.29) is 17.3 Å². The molecule has 0 aliphatic rings. The van der Waals surface area contributed by atoms with E-state index >= 15 is 0 Å². The summed E-state index contributed by atoms with van der Waals surface area (Å²) in [5, 5.41) is 11.1. The zero-order valence-electron chi connectivity index (χ0n) is 11.7. The lowest BCUT2D eigenvalue weighted by molar-refractivity contribution is -0.383. The van der Waals surface area contributed by atoms with E-state index in [1.165, 1.54) is 6.33 Å². The third-order valence-corrected chi connectivity index (χ3v) is 2.98. The van der Waals surface area contributed by atoms with Gasteiger partial charge in [-0.2, -0.15) is 0 Å². The molecule has 0 amide bonds. The first kappa shape index (κ1) is 14.5. The van der Waals surface area contributed by atoms with Gasteiger partial charge < -0.3 is 15.4 Å². The van der Waals surface area contributed by atoms with Crippen LogP contribution in [0.3, 0.4) is 0 Å². The van der Waals surface area contributed by atoms with E-state index in [0.717, 1.165) is 5.56 Å². The Kier molecular flexibility index (Phi) is 4.17. The van der Waals surface area contributed by atoms with Crippen LogP contribution in [0.1, 0.15) is 5.56 Å². The maximum absolute atomic E-state index is 11.1. The van der Waals surface area contributed by atoms with Crippen molar-refractivity contribution in [2.75, 3.05) is 24.8 Å². The molecule has 0 radical (unpaired) electrons. The van der Waals surface area contributed by atoms with Crippen molar-refractivity contribution < 1.29 is 9.66 Å². The molecule has 0 bridgehead atoms. The van der Waals surface area contributed by atoms with E-state index in [1.807, 2.05) is 24.3 Å². The van der Waals surface area contributed by atoms with Gasteiger partial charge >= 0.3 is 5.69 Å². The van der Waals surface area contributed by atoms with Crippen LogP contribution >= 0.6 is 0 Å². The van der Waals surface area contributed by atoms with Gasteiger partial charge in [-0.25, -0.2) is 9.97 Å². The van der Waals surface area contributed by atoms with Crippen LogP contribution in [-0.4, -0.2) is 29.0 Å². The van der Waals surface area contributed by atoms with Crippen molar-refractivity contribution in [2.24, 2.45) is 0 Å². The lowest BCUT2D eigenvalue weighted by Crippen LogP contribution is -2.20. The minimum atomic E-state index is -0.580. The van der Waals surface area contributed by atoms with Gasteiger partial charge in [-0.05, 0) is 6.07 Å². The molecule has 0 saturated carbocycles. The molecule has 0 atom stereocenters. The second-order valence-electron chi connectivity index (χ2n) is 4.36. The van der Waals surface area contributed by atoms with E-state index in [2.05, 4.69) is 9.97 Å². The van der Waals surface area contributed by atoms with Crippen LogP contribution < -0.4 is 15.4 Å². The standard InChI is InChI=1S/C13H15N5O3/c1-17(7-9-5-3-4-6-10(9)21-2)13-11(18(19)20)12(14)15-8-16-13/h3-6,8H,7H2,1-2H3,(H2,14,15,16). The van der Waals surface area contributed by atoms with Crippen LogP contribution in [0.5, 0.6) is 5.75 Å². The number of nitrogens with two attached hydrogens (primary N) is 1. The number of hydrogen-bond acceptors (Lipinski definition) is 7. The Bertz CT molecular complexity index is 662. The van der Waals surface area contributed by atoms with Gasteiger partial charge in [-0.15, -0.1) is 0 Å². The maximum Gasteiger partial charge on any atom is 0.353 e. The van der Waals surface area contributed by atoms with Crippen molar-refractivity contribution in [2.45, 2.75) is 6.54 Å². The molecule has 1 aromatic heterocycles. The third-order valence-electron chi connectivity index (χ3n) is 2.98. The Labute approximate surface area is 121 Å². The van der Waals surface area contributed by atoms with Crippen molar-refractivity contribution in [3.05, 3.63) is 46.3 Å². The SMILES string of the molecule is COc1ccccc1CN(C)c1ncnc(N)c1[N+](=O)[O-]. The number of para-hydroxylation sites is 1. The van der Waals surface area contributed by atoms with Gasteiger partial charge in [-0.3, -0.25) is 10.1 Å². The van der Waals surface area contributed by atoms with Gasteiger partial charge in [0.05, 0.1) is 12.0 Å². The highest BCUT2D eigenvalue weighted by molar-refractivity contribution is 5.68. The first-order valence-electron chi connectivity index (χ1n) is 6.12. The quantitative estimate of drug-likeness (QED) is 0.658. The Hall–Kier alpha value is -2.90. The molecule has 0 fully saturated rings. The van der Waals surface area contributed by atoms with E-state index in [9.17, 15) is 10.1 Å². The fourth-order valence-corrected chi connectivity index (χ4v) is 2.00. The number of benzene rings is 1. The second-order valence-corrected chi connectivity index (χ2v) is 4.36. The van der Waals surface area contributed by atoms with Gasteiger partial charge in [0.2, 0.25) is 11.6 Å². The molecule has 8 heteroatoms. The van der Waals surface area contributed by atoms with Gasteiger partial charge in [0.15, 0.2) is 0 Å². The number of anilines is 2. The van der Waals surface area contributed by atoms with Crippen LogP contribution in [0.4, 0.5) is 17.3 Å². The first-order chi connectivity index (χ1) is 10.0. The molecule has 8 nitrogen and oxygen atoms in total.